The fraction of sp³-hybridized carbons (Fsp3) is 0.938. The van der Waals surface area contributed by atoms with Gasteiger partial charge in [-0.25, -0.2) is 0 Å². The number of rotatable bonds is 41. The molecule has 6 nitrogen and oxygen atoms in total. The highest BCUT2D eigenvalue weighted by molar-refractivity contribution is 5.71. The molecule has 0 aromatic rings. The van der Waals surface area contributed by atoms with Crippen LogP contribution >= 0.6 is 0 Å². The molecule has 0 spiro atoms. The molecule has 0 aliphatic carbocycles. The third kappa shape index (κ3) is 38.7. The first-order valence-corrected chi connectivity index (χ1v) is 23.7. The van der Waals surface area contributed by atoms with E-state index in [2.05, 4.69) is 41.5 Å². The van der Waals surface area contributed by atoms with Crippen LogP contribution < -0.4 is 0 Å². The van der Waals surface area contributed by atoms with Gasteiger partial charge in [0.05, 0.1) is 0 Å². The third-order valence-electron chi connectivity index (χ3n) is 11.4. The van der Waals surface area contributed by atoms with E-state index in [1.165, 1.54) is 135 Å². The van der Waals surface area contributed by atoms with Crippen molar-refractivity contribution in [2.24, 2.45) is 17.8 Å². The summed E-state index contributed by atoms with van der Waals surface area (Å²) >= 11 is 0. The molecule has 0 saturated heterocycles. The molecule has 0 aliphatic rings. The first-order valence-electron chi connectivity index (χ1n) is 23.7. The molecule has 3 atom stereocenters. The fourth-order valence-corrected chi connectivity index (χ4v) is 6.99. The number of carbonyl (C=O) groups is 3. The largest absolute Gasteiger partial charge is 0.462 e. The number of carbonyl (C=O) groups excluding carboxylic acids is 3. The van der Waals surface area contributed by atoms with Crippen LogP contribution in [-0.2, 0) is 28.6 Å². The average Bonchev–Trinajstić information content (AvgIpc) is 3.15. The normalized spacial score (nSPS) is 13.2. The second kappa shape index (κ2) is 39.6. The van der Waals surface area contributed by atoms with Crippen LogP contribution in [0.2, 0.25) is 0 Å². The molecule has 0 bridgehead atoms. The molecule has 0 fully saturated rings. The lowest BCUT2D eigenvalue weighted by Gasteiger charge is -2.18. The lowest BCUT2D eigenvalue weighted by atomic mass is 9.99. The van der Waals surface area contributed by atoms with Crippen molar-refractivity contribution in [2.45, 2.75) is 260 Å². The summed E-state index contributed by atoms with van der Waals surface area (Å²) in [7, 11) is 0. The van der Waals surface area contributed by atoms with E-state index >= 15 is 0 Å². The van der Waals surface area contributed by atoms with E-state index in [1.807, 2.05) is 0 Å². The van der Waals surface area contributed by atoms with Crippen LogP contribution in [-0.4, -0.2) is 37.2 Å². The smallest absolute Gasteiger partial charge is 0.306 e. The molecule has 2 unspecified atom stereocenters. The molecule has 320 valence electrons. The zero-order valence-electron chi connectivity index (χ0n) is 37.0. The number of unbranched alkanes of at least 4 members (excludes halogenated alkanes) is 22. The Bertz CT molecular complexity index is 841. The Kier molecular flexibility index (Phi) is 38.5. The maximum atomic E-state index is 12.7. The van der Waals surface area contributed by atoms with Crippen LogP contribution in [0.15, 0.2) is 0 Å². The molecule has 0 aromatic carbocycles. The summed E-state index contributed by atoms with van der Waals surface area (Å²) in [5.41, 5.74) is 0. The monoisotopic (exact) mass is 765 g/mol. The van der Waals surface area contributed by atoms with E-state index in [9.17, 15) is 14.4 Å². The van der Waals surface area contributed by atoms with Gasteiger partial charge in [0.2, 0.25) is 0 Å². The summed E-state index contributed by atoms with van der Waals surface area (Å²) in [5.74, 6) is 1.64. The Morgan fingerprint density at radius 1 is 0.370 bits per heavy atom. The molecule has 0 aliphatic heterocycles. The van der Waals surface area contributed by atoms with Crippen LogP contribution in [0.1, 0.15) is 253 Å². The molecule has 0 rings (SSSR count). The zero-order valence-corrected chi connectivity index (χ0v) is 37.0. The van der Waals surface area contributed by atoms with Gasteiger partial charge in [-0.05, 0) is 37.0 Å². The van der Waals surface area contributed by atoms with Crippen molar-refractivity contribution in [2.75, 3.05) is 13.2 Å². The first-order chi connectivity index (χ1) is 26.2. The predicted octanol–water partition coefficient (Wildman–Crippen LogP) is 14.8. The molecule has 0 heterocycles. The maximum Gasteiger partial charge on any atom is 0.306 e. The van der Waals surface area contributed by atoms with Crippen LogP contribution in [0.5, 0.6) is 0 Å². The van der Waals surface area contributed by atoms with Gasteiger partial charge in [0.25, 0.3) is 0 Å². The number of ether oxygens (including phenoxy) is 3. The molecule has 0 aromatic heterocycles. The highest BCUT2D eigenvalue weighted by Gasteiger charge is 2.19. The Balaban J connectivity index is 4.37. The molecule has 54 heavy (non-hydrogen) atoms. The van der Waals surface area contributed by atoms with Crippen molar-refractivity contribution < 1.29 is 28.6 Å². The molecule has 0 N–H and O–H groups in total. The summed E-state index contributed by atoms with van der Waals surface area (Å²) in [5, 5.41) is 0. The standard InChI is InChI=1S/C48H92O6/c1-7-43(5)35-29-23-17-12-14-20-26-32-38-47(50)53-41-45(54-48(51)39-33-27-21-15-13-18-24-30-36-44(6)8-2)40-52-46(49)37-31-25-19-11-9-10-16-22-28-34-42(3)4/h42-45H,7-41H2,1-6H3/t43?,44?,45-/m1/s1. The minimum atomic E-state index is -0.762. The quantitative estimate of drug-likeness (QED) is 0.0350. The SMILES string of the molecule is CCC(C)CCCCCCCCCCC(=O)OC[C@@H](COC(=O)CCCCCCCCCCCC(C)C)OC(=O)CCCCCCCCCCC(C)CC. The lowest BCUT2D eigenvalue weighted by molar-refractivity contribution is -0.167. The first kappa shape index (κ1) is 52.4. The molecule has 0 radical (unpaired) electrons. The van der Waals surface area contributed by atoms with Gasteiger partial charge in [-0.15, -0.1) is 0 Å². The van der Waals surface area contributed by atoms with Crippen molar-refractivity contribution in [1.29, 1.82) is 0 Å². The number of hydrogen-bond acceptors (Lipinski definition) is 6. The number of hydrogen-bond donors (Lipinski definition) is 0. The van der Waals surface area contributed by atoms with Crippen molar-refractivity contribution >= 4 is 17.9 Å². The predicted molar refractivity (Wildman–Crippen MR) is 229 cm³/mol. The van der Waals surface area contributed by atoms with Crippen LogP contribution in [0.25, 0.3) is 0 Å². The minimum absolute atomic E-state index is 0.0664. The van der Waals surface area contributed by atoms with Gasteiger partial charge in [-0.3, -0.25) is 14.4 Å². The van der Waals surface area contributed by atoms with E-state index in [0.29, 0.717) is 19.3 Å². The summed E-state index contributed by atoms with van der Waals surface area (Å²) in [6.45, 7) is 13.7. The van der Waals surface area contributed by atoms with Gasteiger partial charge in [0, 0.05) is 19.3 Å². The molecular formula is C48H92O6. The second-order valence-electron chi connectivity index (χ2n) is 17.4. The Labute approximate surface area is 336 Å². The van der Waals surface area contributed by atoms with Gasteiger partial charge in [0.15, 0.2) is 6.10 Å². The fourth-order valence-electron chi connectivity index (χ4n) is 6.99. The maximum absolute atomic E-state index is 12.7. The highest BCUT2D eigenvalue weighted by Crippen LogP contribution is 2.18. The average molecular weight is 765 g/mol. The van der Waals surface area contributed by atoms with Crippen LogP contribution in [0, 0.1) is 17.8 Å². The van der Waals surface area contributed by atoms with E-state index < -0.39 is 6.10 Å². The van der Waals surface area contributed by atoms with Crippen molar-refractivity contribution in [3.8, 4) is 0 Å². The van der Waals surface area contributed by atoms with E-state index in [4.69, 9.17) is 14.2 Å². The summed E-state index contributed by atoms with van der Waals surface area (Å²) < 4.78 is 16.7. The summed E-state index contributed by atoms with van der Waals surface area (Å²) in [4.78, 5) is 37.8. The van der Waals surface area contributed by atoms with E-state index in [-0.39, 0.29) is 31.1 Å². The summed E-state index contributed by atoms with van der Waals surface area (Å²) in [6.07, 6.45) is 36.5. The van der Waals surface area contributed by atoms with Crippen LogP contribution in [0.4, 0.5) is 0 Å². The van der Waals surface area contributed by atoms with Crippen molar-refractivity contribution in [1.82, 2.24) is 0 Å². The lowest BCUT2D eigenvalue weighted by Crippen LogP contribution is -2.30. The Morgan fingerprint density at radius 2 is 0.648 bits per heavy atom. The topological polar surface area (TPSA) is 78.9 Å². The van der Waals surface area contributed by atoms with Gasteiger partial charge in [-0.2, -0.15) is 0 Å². The van der Waals surface area contributed by atoms with Gasteiger partial charge >= 0.3 is 17.9 Å². The molecule has 6 heteroatoms. The molecule has 0 saturated carbocycles. The second-order valence-corrected chi connectivity index (χ2v) is 17.4. The zero-order chi connectivity index (χ0) is 39.9. The minimum Gasteiger partial charge on any atom is -0.462 e. The van der Waals surface area contributed by atoms with E-state index in [0.717, 1.165) is 75.5 Å². The third-order valence-corrected chi connectivity index (χ3v) is 11.4. The molecule has 0 amide bonds. The van der Waals surface area contributed by atoms with Gasteiger partial charge in [0.1, 0.15) is 13.2 Å². The number of esters is 3. The highest BCUT2D eigenvalue weighted by atomic mass is 16.6. The van der Waals surface area contributed by atoms with Crippen LogP contribution in [0.3, 0.4) is 0 Å². The summed E-state index contributed by atoms with van der Waals surface area (Å²) in [6, 6.07) is 0. The van der Waals surface area contributed by atoms with Gasteiger partial charge in [-0.1, -0.05) is 215 Å². The van der Waals surface area contributed by atoms with E-state index in [1.54, 1.807) is 0 Å². The van der Waals surface area contributed by atoms with Crippen molar-refractivity contribution in [3.05, 3.63) is 0 Å². The Morgan fingerprint density at radius 3 is 0.963 bits per heavy atom. The van der Waals surface area contributed by atoms with Crippen molar-refractivity contribution in [3.63, 3.8) is 0 Å². The van der Waals surface area contributed by atoms with Gasteiger partial charge < -0.3 is 14.2 Å². The Hall–Kier alpha value is -1.59. The molecular weight excluding hydrogens is 673 g/mol.